The monoisotopic (exact) mass is 353 g/mol. The van der Waals surface area contributed by atoms with E-state index in [2.05, 4.69) is 30.0 Å². The van der Waals surface area contributed by atoms with Crippen molar-refractivity contribution in [1.82, 2.24) is 4.90 Å². The number of likely N-dealkylation sites (tertiary alicyclic amines) is 1. The van der Waals surface area contributed by atoms with E-state index < -0.39 is 0 Å². The fourth-order valence-corrected chi connectivity index (χ4v) is 4.31. The lowest BCUT2D eigenvalue weighted by molar-refractivity contribution is 0.147. The highest BCUT2D eigenvalue weighted by Crippen LogP contribution is 2.40. The summed E-state index contributed by atoms with van der Waals surface area (Å²) in [6.45, 7) is 5.36. The van der Waals surface area contributed by atoms with Crippen LogP contribution in [0.5, 0.6) is 5.75 Å². The minimum atomic E-state index is -0.380. The summed E-state index contributed by atoms with van der Waals surface area (Å²) in [5.74, 6) is 0.941. The lowest BCUT2D eigenvalue weighted by atomic mass is 9.76. The molecule has 2 aromatic carbocycles. The Hall–Kier alpha value is -1.84. The zero-order valence-electron chi connectivity index (χ0n) is 16.0. The van der Waals surface area contributed by atoms with Crippen molar-refractivity contribution >= 4 is 0 Å². The molecule has 0 spiro atoms. The molecule has 0 amide bonds. The summed E-state index contributed by atoms with van der Waals surface area (Å²) in [6, 6.07) is 18.6. The highest BCUT2D eigenvalue weighted by Gasteiger charge is 2.38. The molecule has 3 nitrogen and oxygen atoms in total. The predicted octanol–water partition coefficient (Wildman–Crippen LogP) is 4.56. The van der Waals surface area contributed by atoms with E-state index in [-0.39, 0.29) is 11.5 Å². The second kappa shape index (κ2) is 8.70. The molecule has 2 aromatic rings. The highest BCUT2D eigenvalue weighted by molar-refractivity contribution is 5.35. The zero-order chi connectivity index (χ0) is 18.4. The molecule has 1 saturated heterocycles. The van der Waals surface area contributed by atoms with Crippen molar-refractivity contribution in [2.24, 2.45) is 0 Å². The van der Waals surface area contributed by atoms with Gasteiger partial charge in [-0.05, 0) is 49.1 Å². The first-order valence-corrected chi connectivity index (χ1v) is 9.77. The summed E-state index contributed by atoms with van der Waals surface area (Å²) in [5.41, 5.74) is 2.62. The first-order valence-electron chi connectivity index (χ1n) is 9.77. The Kier molecular flexibility index (Phi) is 6.33. The topological polar surface area (TPSA) is 32.7 Å². The van der Waals surface area contributed by atoms with Crippen LogP contribution in [0.3, 0.4) is 0 Å². The SMILES string of the molecule is CCCC1(c2cccc(OC)c2)CCN(CCC(O)c2ccccc2)C1. The Bertz CT molecular complexity index is 688. The molecule has 1 heterocycles. The number of methoxy groups -OCH3 is 1. The van der Waals surface area contributed by atoms with Gasteiger partial charge in [-0.25, -0.2) is 0 Å². The molecule has 0 saturated carbocycles. The van der Waals surface area contributed by atoms with E-state index in [1.807, 2.05) is 36.4 Å². The minimum absolute atomic E-state index is 0.209. The minimum Gasteiger partial charge on any atom is -0.497 e. The molecular weight excluding hydrogens is 322 g/mol. The molecule has 0 aromatic heterocycles. The molecule has 2 unspecified atom stereocenters. The third kappa shape index (κ3) is 4.28. The Morgan fingerprint density at radius 1 is 1.15 bits per heavy atom. The summed E-state index contributed by atoms with van der Waals surface area (Å²) < 4.78 is 5.45. The maximum atomic E-state index is 10.5. The lowest BCUT2D eigenvalue weighted by Crippen LogP contribution is -2.32. The van der Waals surface area contributed by atoms with Crippen LogP contribution in [-0.2, 0) is 5.41 Å². The van der Waals surface area contributed by atoms with Crippen molar-refractivity contribution in [3.05, 3.63) is 65.7 Å². The van der Waals surface area contributed by atoms with Crippen LogP contribution in [0.1, 0.15) is 49.8 Å². The summed E-state index contributed by atoms with van der Waals surface area (Å²) in [4.78, 5) is 2.52. The van der Waals surface area contributed by atoms with Crippen LogP contribution in [0.4, 0.5) is 0 Å². The third-order valence-corrected chi connectivity index (χ3v) is 5.75. The van der Waals surface area contributed by atoms with E-state index >= 15 is 0 Å². The summed E-state index contributed by atoms with van der Waals surface area (Å²) >= 11 is 0. The highest BCUT2D eigenvalue weighted by atomic mass is 16.5. The van der Waals surface area contributed by atoms with Gasteiger partial charge in [0.25, 0.3) is 0 Å². The van der Waals surface area contributed by atoms with Crippen LogP contribution in [0.25, 0.3) is 0 Å². The maximum Gasteiger partial charge on any atom is 0.119 e. The largest absolute Gasteiger partial charge is 0.497 e. The number of hydrogen-bond donors (Lipinski definition) is 1. The molecular formula is C23H31NO2. The van der Waals surface area contributed by atoms with Crippen LogP contribution in [-0.4, -0.2) is 36.8 Å². The molecule has 1 aliphatic rings. The smallest absolute Gasteiger partial charge is 0.119 e. The van der Waals surface area contributed by atoms with Gasteiger partial charge in [0.05, 0.1) is 13.2 Å². The second-order valence-electron chi connectivity index (χ2n) is 7.50. The van der Waals surface area contributed by atoms with Gasteiger partial charge in [-0.2, -0.15) is 0 Å². The van der Waals surface area contributed by atoms with Crippen molar-refractivity contribution in [2.45, 2.75) is 44.1 Å². The van der Waals surface area contributed by atoms with E-state index in [1.54, 1.807) is 7.11 Å². The number of nitrogens with zero attached hydrogens (tertiary/aromatic N) is 1. The van der Waals surface area contributed by atoms with Crippen molar-refractivity contribution < 1.29 is 9.84 Å². The van der Waals surface area contributed by atoms with Gasteiger partial charge in [0, 0.05) is 18.5 Å². The van der Waals surface area contributed by atoms with Gasteiger partial charge in [-0.1, -0.05) is 55.8 Å². The Balaban J connectivity index is 1.65. The molecule has 140 valence electrons. The first-order chi connectivity index (χ1) is 12.7. The average Bonchev–Trinajstić information content (AvgIpc) is 3.11. The molecule has 1 aliphatic heterocycles. The fraction of sp³-hybridized carbons (Fsp3) is 0.478. The standard InChI is InChI=1S/C23H31NO2/c1-3-13-23(20-10-7-11-21(17-20)26-2)14-16-24(18-23)15-12-22(25)19-8-5-4-6-9-19/h4-11,17,22,25H,3,12-16,18H2,1-2H3. The Labute approximate surface area is 157 Å². The Morgan fingerprint density at radius 3 is 2.69 bits per heavy atom. The summed E-state index contributed by atoms with van der Waals surface area (Å²) in [5, 5.41) is 10.5. The van der Waals surface area contributed by atoms with Crippen molar-refractivity contribution in [3.8, 4) is 5.75 Å². The van der Waals surface area contributed by atoms with Crippen molar-refractivity contribution in [3.63, 3.8) is 0 Å². The number of ether oxygens (including phenoxy) is 1. The van der Waals surface area contributed by atoms with E-state index in [4.69, 9.17) is 4.74 Å². The number of benzene rings is 2. The van der Waals surface area contributed by atoms with Gasteiger partial charge in [-0.15, -0.1) is 0 Å². The van der Waals surface area contributed by atoms with E-state index in [9.17, 15) is 5.11 Å². The van der Waals surface area contributed by atoms with E-state index in [0.717, 1.165) is 37.4 Å². The number of aliphatic hydroxyl groups is 1. The van der Waals surface area contributed by atoms with Crippen LogP contribution in [0.2, 0.25) is 0 Å². The van der Waals surface area contributed by atoms with Gasteiger partial charge >= 0.3 is 0 Å². The summed E-state index contributed by atoms with van der Waals surface area (Å²) in [7, 11) is 1.73. The molecule has 1 fully saturated rings. The van der Waals surface area contributed by atoms with Crippen LogP contribution < -0.4 is 4.74 Å². The van der Waals surface area contributed by atoms with Gasteiger partial charge in [0.1, 0.15) is 5.75 Å². The van der Waals surface area contributed by atoms with Crippen LogP contribution >= 0.6 is 0 Å². The molecule has 2 atom stereocenters. The predicted molar refractivity (Wildman–Crippen MR) is 107 cm³/mol. The van der Waals surface area contributed by atoms with Gasteiger partial charge in [0.15, 0.2) is 0 Å². The van der Waals surface area contributed by atoms with E-state index in [1.165, 1.54) is 24.8 Å². The second-order valence-corrected chi connectivity index (χ2v) is 7.50. The maximum absolute atomic E-state index is 10.5. The number of hydrogen-bond acceptors (Lipinski definition) is 3. The van der Waals surface area contributed by atoms with Crippen LogP contribution in [0, 0.1) is 0 Å². The first kappa shape index (κ1) is 18.9. The lowest BCUT2D eigenvalue weighted by Gasteiger charge is -2.30. The Morgan fingerprint density at radius 2 is 1.96 bits per heavy atom. The van der Waals surface area contributed by atoms with Gasteiger partial charge in [0.2, 0.25) is 0 Å². The van der Waals surface area contributed by atoms with Crippen molar-refractivity contribution in [2.75, 3.05) is 26.7 Å². The molecule has 0 bridgehead atoms. The molecule has 0 aliphatic carbocycles. The quantitative estimate of drug-likeness (QED) is 0.755. The number of aliphatic hydroxyl groups excluding tert-OH is 1. The third-order valence-electron chi connectivity index (χ3n) is 5.75. The normalized spacial score (nSPS) is 21.7. The average molecular weight is 354 g/mol. The van der Waals surface area contributed by atoms with Gasteiger partial charge < -0.3 is 14.7 Å². The zero-order valence-corrected chi connectivity index (χ0v) is 16.0. The number of rotatable bonds is 8. The van der Waals surface area contributed by atoms with Gasteiger partial charge in [-0.3, -0.25) is 0 Å². The van der Waals surface area contributed by atoms with Crippen LogP contribution in [0.15, 0.2) is 54.6 Å². The van der Waals surface area contributed by atoms with E-state index in [0.29, 0.717) is 0 Å². The molecule has 3 heteroatoms. The summed E-state index contributed by atoms with van der Waals surface area (Å²) in [6.07, 6.45) is 3.95. The van der Waals surface area contributed by atoms with Crippen molar-refractivity contribution in [1.29, 1.82) is 0 Å². The molecule has 0 radical (unpaired) electrons. The molecule has 26 heavy (non-hydrogen) atoms. The fourth-order valence-electron chi connectivity index (χ4n) is 4.31. The molecule has 1 N–H and O–H groups in total. The molecule has 3 rings (SSSR count).